The zero-order valence-corrected chi connectivity index (χ0v) is 12.4. The minimum atomic E-state index is 0.0641. The molecule has 0 aliphatic heterocycles. The van der Waals surface area contributed by atoms with Crippen molar-refractivity contribution in [1.29, 1.82) is 5.41 Å². The van der Waals surface area contributed by atoms with Gasteiger partial charge in [-0.3, -0.25) is 10.4 Å². The second-order valence-corrected chi connectivity index (χ2v) is 5.35. The van der Waals surface area contributed by atoms with Gasteiger partial charge >= 0.3 is 0 Å². The number of nitrogens with zero attached hydrogens (tertiary/aromatic N) is 2. The van der Waals surface area contributed by atoms with Gasteiger partial charge < -0.3 is 10.6 Å². The molecule has 1 aromatic carbocycles. The van der Waals surface area contributed by atoms with Crippen molar-refractivity contribution in [3.8, 4) is 0 Å². The van der Waals surface area contributed by atoms with E-state index in [1.54, 1.807) is 6.20 Å². The van der Waals surface area contributed by atoms with E-state index in [-0.39, 0.29) is 5.84 Å². The fourth-order valence-electron chi connectivity index (χ4n) is 2.42. The summed E-state index contributed by atoms with van der Waals surface area (Å²) in [6.45, 7) is 5.35. The Hall–Kier alpha value is -2.10. The molecule has 0 saturated carbocycles. The summed E-state index contributed by atoms with van der Waals surface area (Å²) >= 11 is 0. The van der Waals surface area contributed by atoms with Gasteiger partial charge in [-0.1, -0.05) is 38.5 Å². The highest BCUT2D eigenvalue weighted by Crippen LogP contribution is 2.29. The van der Waals surface area contributed by atoms with Gasteiger partial charge in [-0.25, -0.2) is 0 Å². The van der Waals surface area contributed by atoms with Crippen molar-refractivity contribution in [2.45, 2.75) is 20.3 Å². The molecule has 0 bridgehead atoms. The Kier molecular flexibility index (Phi) is 4.23. The van der Waals surface area contributed by atoms with Crippen LogP contribution in [0.2, 0.25) is 0 Å². The van der Waals surface area contributed by atoms with E-state index in [0.717, 1.165) is 29.6 Å². The maximum absolute atomic E-state index is 7.78. The Balaban J connectivity index is 2.57. The predicted octanol–water partition coefficient (Wildman–Crippen LogP) is 3.00. The van der Waals surface area contributed by atoms with E-state index >= 15 is 0 Å². The Morgan fingerprint density at radius 1 is 1.40 bits per heavy atom. The van der Waals surface area contributed by atoms with Crippen LogP contribution in [0.4, 0.5) is 5.69 Å². The van der Waals surface area contributed by atoms with E-state index in [4.69, 9.17) is 11.1 Å². The van der Waals surface area contributed by atoms with E-state index in [2.05, 4.69) is 30.8 Å². The van der Waals surface area contributed by atoms with E-state index in [0.29, 0.717) is 11.5 Å². The molecular formula is C16H22N4. The average molecular weight is 270 g/mol. The highest BCUT2D eigenvalue weighted by molar-refractivity contribution is 6.07. The number of hydrogen-bond donors (Lipinski definition) is 2. The van der Waals surface area contributed by atoms with Crippen molar-refractivity contribution in [1.82, 2.24) is 4.98 Å². The summed E-state index contributed by atoms with van der Waals surface area (Å²) in [5, 5.41) is 8.83. The van der Waals surface area contributed by atoms with Crippen molar-refractivity contribution >= 4 is 22.4 Å². The number of nitrogens with one attached hydrogen (secondary N) is 1. The van der Waals surface area contributed by atoms with Crippen LogP contribution in [0.3, 0.4) is 0 Å². The smallest absolute Gasteiger partial charge is 0.126 e. The molecule has 2 rings (SSSR count). The normalized spacial score (nSPS) is 12.3. The SMILES string of the molecule is CCC(C)CN(C)c1c(C(=N)N)cnc2ccccc12. The minimum Gasteiger partial charge on any atom is -0.384 e. The molecule has 1 aromatic heterocycles. The first-order chi connectivity index (χ1) is 9.54. The third kappa shape index (κ3) is 2.74. The molecule has 0 radical (unpaired) electrons. The van der Waals surface area contributed by atoms with Gasteiger partial charge in [-0.05, 0) is 12.0 Å². The molecule has 4 nitrogen and oxygen atoms in total. The molecule has 2 aromatic rings. The number of aromatic nitrogens is 1. The van der Waals surface area contributed by atoms with Crippen LogP contribution in [0.25, 0.3) is 10.9 Å². The van der Waals surface area contributed by atoms with Gasteiger partial charge in [0, 0.05) is 25.2 Å². The van der Waals surface area contributed by atoms with Gasteiger partial charge in [-0.15, -0.1) is 0 Å². The van der Waals surface area contributed by atoms with Crippen molar-refractivity contribution < 1.29 is 0 Å². The van der Waals surface area contributed by atoms with Gasteiger partial charge in [0.15, 0.2) is 0 Å². The third-order valence-corrected chi connectivity index (χ3v) is 3.70. The number of amidine groups is 1. The zero-order chi connectivity index (χ0) is 14.7. The zero-order valence-electron chi connectivity index (χ0n) is 12.4. The summed E-state index contributed by atoms with van der Waals surface area (Å²) in [5.41, 5.74) is 8.36. The first-order valence-corrected chi connectivity index (χ1v) is 6.97. The van der Waals surface area contributed by atoms with Crippen LogP contribution < -0.4 is 10.6 Å². The molecule has 0 aliphatic rings. The molecular weight excluding hydrogens is 248 g/mol. The second kappa shape index (κ2) is 5.90. The number of para-hydroxylation sites is 1. The van der Waals surface area contributed by atoms with Crippen molar-refractivity contribution in [3.63, 3.8) is 0 Å². The topological polar surface area (TPSA) is 66.0 Å². The standard InChI is InChI=1S/C16H22N4/c1-4-11(2)10-20(3)15-12-7-5-6-8-14(12)19-9-13(15)16(17)18/h5-9,11H,4,10H2,1-3H3,(H3,17,18). The fourth-order valence-corrected chi connectivity index (χ4v) is 2.42. The van der Waals surface area contributed by atoms with E-state index in [1.165, 1.54) is 0 Å². The first-order valence-electron chi connectivity index (χ1n) is 6.97. The third-order valence-electron chi connectivity index (χ3n) is 3.70. The molecule has 0 saturated heterocycles. The van der Waals surface area contributed by atoms with Crippen molar-refractivity contribution in [2.75, 3.05) is 18.5 Å². The molecule has 1 unspecified atom stereocenters. The summed E-state index contributed by atoms with van der Waals surface area (Å²) < 4.78 is 0. The number of nitrogen functional groups attached to an aromatic ring is 1. The number of rotatable bonds is 5. The number of anilines is 1. The molecule has 20 heavy (non-hydrogen) atoms. The summed E-state index contributed by atoms with van der Waals surface area (Å²) in [7, 11) is 2.06. The lowest BCUT2D eigenvalue weighted by Crippen LogP contribution is -2.27. The lowest BCUT2D eigenvalue weighted by molar-refractivity contribution is 0.560. The van der Waals surface area contributed by atoms with E-state index < -0.39 is 0 Å². The Morgan fingerprint density at radius 3 is 2.75 bits per heavy atom. The van der Waals surface area contributed by atoms with Crippen LogP contribution in [0, 0.1) is 11.3 Å². The molecule has 1 atom stereocenters. The molecule has 0 aliphatic carbocycles. The molecule has 0 fully saturated rings. The number of fused-ring (bicyclic) bond motifs is 1. The number of hydrogen-bond acceptors (Lipinski definition) is 3. The lowest BCUT2D eigenvalue weighted by Gasteiger charge is -2.26. The molecule has 106 valence electrons. The summed E-state index contributed by atoms with van der Waals surface area (Å²) in [4.78, 5) is 6.59. The van der Waals surface area contributed by atoms with Crippen LogP contribution in [0.1, 0.15) is 25.8 Å². The van der Waals surface area contributed by atoms with Gasteiger partial charge in [-0.2, -0.15) is 0 Å². The van der Waals surface area contributed by atoms with E-state index in [9.17, 15) is 0 Å². The van der Waals surface area contributed by atoms with Gasteiger partial charge in [0.25, 0.3) is 0 Å². The second-order valence-electron chi connectivity index (χ2n) is 5.35. The summed E-state index contributed by atoms with van der Waals surface area (Å²) in [6.07, 6.45) is 2.83. The number of benzene rings is 1. The van der Waals surface area contributed by atoms with Gasteiger partial charge in [0.2, 0.25) is 0 Å². The molecule has 0 amide bonds. The van der Waals surface area contributed by atoms with Crippen LogP contribution in [-0.4, -0.2) is 24.4 Å². The first kappa shape index (κ1) is 14.3. The predicted molar refractivity (Wildman–Crippen MR) is 85.5 cm³/mol. The Morgan fingerprint density at radius 2 is 2.10 bits per heavy atom. The van der Waals surface area contributed by atoms with E-state index in [1.807, 2.05) is 24.3 Å². The lowest BCUT2D eigenvalue weighted by atomic mass is 10.0. The maximum atomic E-state index is 7.78. The van der Waals surface area contributed by atoms with Gasteiger partial charge in [0.05, 0.1) is 16.8 Å². The van der Waals surface area contributed by atoms with Crippen molar-refractivity contribution in [2.24, 2.45) is 11.7 Å². The summed E-state index contributed by atoms with van der Waals surface area (Å²) in [6, 6.07) is 7.99. The molecule has 3 N–H and O–H groups in total. The van der Waals surface area contributed by atoms with Crippen LogP contribution in [0.15, 0.2) is 30.5 Å². The fraction of sp³-hybridized carbons (Fsp3) is 0.375. The monoisotopic (exact) mass is 270 g/mol. The minimum absolute atomic E-state index is 0.0641. The van der Waals surface area contributed by atoms with Crippen LogP contribution in [0.5, 0.6) is 0 Å². The van der Waals surface area contributed by atoms with Gasteiger partial charge in [0.1, 0.15) is 5.84 Å². The Labute approximate surface area is 120 Å². The van der Waals surface area contributed by atoms with Crippen LogP contribution in [-0.2, 0) is 0 Å². The molecule has 0 spiro atoms. The quantitative estimate of drug-likeness (QED) is 0.648. The number of nitrogens with two attached hydrogens (primary N) is 1. The highest BCUT2D eigenvalue weighted by atomic mass is 15.1. The Bertz CT molecular complexity index is 621. The highest BCUT2D eigenvalue weighted by Gasteiger charge is 2.16. The van der Waals surface area contributed by atoms with Crippen molar-refractivity contribution in [3.05, 3.63) is 36.0 Å². The number of pyridine rings is 1. The maximum Gasteiger partial charge on any atom is 0.126 e. The molecule has 4 heteroatoms. The average Bonchev–Trinajstić information content (AvgIpc) is 2.45. The summed E-state index contributed by atoms with van der Waals surface area (Å²) in [5.74, 6) is 0.654. The molecule has 1 heterocycles. The largest absolute Gasteiger partial charge is 0.384 e. The van der Waals surface area contributed by atoms with Crippen LogP contribution >= 0.6 is 0 Å².